The van der Waals surface area contributed by atoms with Crippen LogP contribution in [0.4, 0.5) is 27.7 Å². The number of fused-ring (bicyclic) bond motifs is 2. The summed E-state index contributed by atoms with van der Waals surface area (Å²) in [7, 11) is 0. The topological polar surface area (TPSA) is 93.4 Å². The molecule has 2 aliphatic rings. The van der Waals surface area contributed by atoms with Crippen LogP contribution in [0.25, 0.3) is 0 Å². The first-order valence-electron chi connectivity index (χ1n) is 9.74. The van der Waals surface area contributed by atoms with Crippen LogP contribution < -0.4 is 20.9 Å². The molecule has 2 amide bonds. The van der Waals surface area contributed by atoms with Crippen molar-refractivity contribution in [3.05, 3.63) is 71.5 Å². The second-order valence-corrected chi connectivity index (χ2v) is 8.19. The third kappa shape index (κ3) is 3.43. The van der Waals surface area contributed by atoms with Gasteiger partial charge in [0.2, 0.25) is 5.88 Å². The summed E-state index contributed by atoms with van der Waals surface area (Å²) in [5, 5.41) is 17.1. The number of amides is 2. The standard InChI is InChI=1S/C22H20BrN5O2/c23-21-27-20-18(10-11-30-20)19(24)28(21)17-8-6-15(7-9-17)25-22(29)26-16-5-4-13-2-1-3-14(13)12-16/h4-12,21,24,27H,1-3H2,(H2,25,26,29). The fourth-order valence-electron chi connectivity index (χ4n) is 3.93. The highest BCUT2D eigenvalue weighted by Crippen LogP contribution is 2.33. The summed E-state index contributed by atoms with van der Waals surface area (Å²) in [4.78, 5) is 14.2. The fraction of sp³-hybridized carbons (Fsp3) is 0.182. The Morgan fingerprint density at radius 2 is 1.80 bits per heavy atom. The summed E-state index contributed by atoms with van der Waals surface area (Å²) >= 11 is 3.54. The number of benzene rings is 2. The van der Waals surface area contributed by atoms with E-state index in [0.29, 0.717) is 23.0 Å². The Balaban J connectivity index is 1.26. The van der Waals surface area contributed by atoms with Gasteiger partial charge in [0.25, 0.3) is 0 Å². The lowest BCUT2D eigenvalue weighted by atomic mass is 10.1. The minimum atomic E-state index is -0.314. The van der Waals surface area contributed by atoms with Crippen LogP contribution >= 0.6 is 15.9 Å². The number of rotatable bonds is 3. The zero-order chi connectivity index (χ0) is 20.7. The molecule has 0 bridgehead atoms. The van der Waals surface area contributed by atoms with Crippen molar-refractivity contribution in [2.24, 2.45) is 0 Å². The van der Waals surface area contributed by atoms with Crippen LogP contribution in [0.15, 0.2) is 59.2 Å². The number of furan rings is 1. The van der Waals surface area contributed by atoms with Gasteiger partial charge >= 0.3 is 6.03 Å². The van der Waals surface area contributed by atoms with Crippen LogP contribution in [0.1, 0.15) is 23.1 Å². The largest absolute Gasteiger partial charge is 0.448 e. The summed E-state index contributed by atoms with van der Waals surface area (Å²) in [6.45, 7) is 0. The van der Waals surface area contributed by atoms with Crippen LogP contribution in [0.3, 0.4) is 0 Å². The molecule has 0 radical (unpaired) electrons. The lowest BCUT2D eigenvalue weighted by Gasteiger charge is -2.34. The van der Waals surface area contributed by atoms with Crippen LogP contribution in [0, 0.1) is 5.41 Å². The smallest absolute Gasteiger partial charge is 0.323 e. The van der Waals surface area contributed by atoms with Crippen LogP contribution in [-0.4, -0.2) is 16.9 Å². The van der Waals surface area contributed by atoms with Gasteiger partial charge in [0, 0.05) is 17.1 Å². The van der Waals surface area contributed by atoms with E-state index in [1.807, 2.05) is 30.3 Å². The lowest BCUT2D eigenvalue weighted by molar-refractivity contribution is 0.262. The van der Waals surface area contributed by atoms with Crippen molar-refractivity contribution in [2.45, 2.75) is 24.3 Å². The molecule has 0 fully saturated rings. The number of amidine groups is 1. The van der Waals surface area contributed by atoms with Crippen LogP contribution in [-0.2, 0) is 12.8 Å². The molecule has 3 aromatic rings. The first-order chi connectivity index (χ1) is 14.6. The minimum absolute atomic E-state index is 0.283. The fourth-order valence-corrected chi connectivity index (χ4v) is 4.58. The molecular weight excluding hydrogens is 446 g/mol. The predicted octanol–water partition coefficient (Wildman–Crippen LogP) is 5.35. The molecule has 0 saturated heterocycles. The van der Waals surface area contributed by atoms with Gasteiger partial charge in [-0.3, -0.25) is 10.3 Å². The highest BCUT2D eigenvalue weighted by molar-refractivity contribution is 9.09. The zero-order valence-corrected chi connectivity index (χ0v) is 17.6. The van der Waals surface area contributed by atoms with E-state index in [0.717, 1.165) is 24.2 Å². The molecule has 1 aliphatic heterocycles. The van der Waals surface area contributed by atoms with Gasteiger partial charge in [-0.2, -0.15) is 0 Å². The van der Waals surface area contributed by atoms with Crippen molar-refractivity contribution in [3.8, 4) is 0 Å². The molecule has 30 heavy (non-hydrogen) atoms. The summed E-state index contributed by atoms with van der Waals surface area (Å²) in [5.41, 5.74) is 5.67. The van der Waals surface area contributed by atoms with Crippen molar-refractivity contribution in [1.29, 1.82) is 5.41 Å². The molecule has 7 nitrogen and oxygen atoms in total. The van der Waals surface area contributed by atoms with Crippen molar-refractivity contribution < 1.29 is 9.21 Å². The van der Waals surface area contributed by atoms with Gasteiger partial charge in [-0.25, -0.2) is 4.79 Å². The number of nitrogens with one attached hydrogen (secondary N) is 4. The van der Waals surface area contributed by atoms with Gasteiger partial charge in [0.15, 0.2) is 5.08 Å². The van der Waals surface area contributed by atoms with Gasteiger partial charge in [0.1, 0.15) is 5.84 Å². The van der Waals surface area contributed by atoms with E-state index in [4.69, 9.17) is 9.83 Å². The number of carbonyl (C=O) groups excluding carboxylic acids is 1. The third-order valence-corrected chi connectivity index (χ3v) is 6.04. The van der Waals surface area contributed by atoms with E-state index in [-0.39, 0.29) is 11.1 Å². The van der Waals surface area contributed by atoms with Gasteiger partial charge < -0.3 is 20.4 Å². The van der Waals surface area contributed by atoms with Gasteiger partial charge in [-0.15, -0.1) is 0 Å². The lowest BCUT2D eigenvalue weighted by Crippen LogP contribution is -2.45. The summed E-state index contributed by atoms with van der Waals surface area (Å²) in [6.07, 6.45) is 4.93. The quantitative estimate of drug-likeness (QED) is 0.309. The van der Waals surface area contributed by atoms with Crippen LogP contribution in [0.2, 0.25) is 0 Å². The third-order valence-electron chi connectivity index (χ3n) is 5.40. The number of halogens is 1. The molecule has 152 valence electrons. The molecular formula is C22H20BrN5O2. The van der Waals surface area contributed by atoms with E-state index in [1.165, 1.54) is 17.5 Å². The predicted molar refractivity (Wildman–Crippen MR) is 122 cm³/mol. The number of hydrogen-bond donors (Lipinski definition) is 4. The second-order valence-electron chi connectivity index (χ2n) is 7.33. The van der Waals surface area contributed by atoms with Crippen molar-refractivity contribution in [3.63, 3.8) is 0 Å². The average molecular weight is 466 g/mol. The Kier molecular flexibility index (Phi) is 4.71. The van der Waals surface area contributed by atoms with Gasteiger partial charge in [-0.1, -0.05) is 6.07 Å². The maximum Gasteiger partial charge on any atom is 0.323 e. The van der Waals surface area contributed by atoms with E-state index < -0.39 is 0 Å². The summed E-state index contributed by atoms with van der Waals surface area (Å²) in [5.74, 6) is 0.897. The molecule has 1 unspecified atom stereocenters. The number of aryl methyl sites for hydroxylation is 2. The Hall–Kier alpha value is -3.26. The summed E-state index contributed by atoms with van der Waals surface area (Å²) < 4.78 is 5.35. The normalized spacial score (nSPS) is 17.2. The SMILES string of the molecule is N=C1c2ccoc2NC(Br)N1c1ccc(NC(=O)Nc2ccc3c(c2)CCC3)cc1. The van der Waals surface area contributed by atoms with Gasteiger partial charge in [-0.05, 0) is 88.8 Å². The average Bonchev–Trinajstić information content (AvgIpc) is 3.38. The first-order valence-corrected chi connectivity index (χ1v) is 10.7. The number of carbonyl (C=O) groups is 1. The van der Waals surface area contributed by atoms with Gasteiger partial charge in [0.05, 0.1) is 11.8 Å². The van der Waals surface area contributed by atoms with Crippen LogP contribution in [0.5, 0.6) is 0 Å². The molecule has 5 rings (SSSR count). The molecule has 0 spiro atoms. The first kappa shape index (κ1) is 18.7. The summed E-state index contributed by atoms with van der Waals surface area (Å²) in [6, 6.07) is 14.9. The Labute approximate surface area is 182 Å². The van der Waals surface area contributed by atoms with E-state index >= 15 is 0 Å². The van der Waals surface area contributed by atoms with Crippen molar-refractivity contribution >= 4 is 50.7 Å². The highest BCUT2D eigenvalue weighted by Gasteiger charge is 2.30. The molecule has 1 atom stereocenters. The Bertz CT molecular complexity index is 1120. The maximum absolute atomic E-state index is 12.4. The Morgan fingerprint density at radius 3 is 2.63 bits per heavy atom. The van der Waals surface area contributed by atoms with Crippen molar-refractivity contribution in [2.75, 3.05) is 20.9 Å². The molecule has 0 saturated carbocycles. The number of hydrogen-bond acceptors (Lipinski definition) is 4. The minimum Gasteiger partial charge on any atom is -0.448 e. The number of urea groups is 1. The molecule has 2 heterocycles. The number of nitrogens with zero attached hydrogens (tertiary/aromatic N) is 1. The van der Waals surface area contributed by atoms with E-state index in [2.05, 4.69) is 44.0 Å². The molecule has 2 aromatic carbocycles. The van der Waals surface area contributed by atoms with Crippen molar-refractivity contribution in [1.82, 2.24) is 0 Å². The molecule has 8 heteroatoms. The highest BCUT2D eigenvalue weighted by atomic mass is 79.9. The number of alkyl halides is 1. The number of anilines is 4. The van der Waals surface area contributed by atoms with E-state index in [1.54, 1.807) is 17.2 Å². The molecule has 4 N–H and O–H groups in total. The zero-order valence-electron chi connectivity index (χ0n) is 16.0. The Morgan fingerprint density at radius 1 is 1.07 bits per heavy atom. The second kappa shape index (κ2) is 7.53. The molecule has 1 aliphatic carbocycles. The maximum atomic E-state index is 12.4. The van der Waals surface area contributed by atoms with E-state index in [9.17, 15) is 4.79 Å². The molecule has 1 aromatic heterocycles. The monoisotopic (exact) mass is 465 g/mol.